The summed E-state index contributed by atoms with van der Waals surface area (Å²) in [6.07, 6.45) is 0.0435. The molecule has 0 saturated carbocycles. The molecule has 0 unspecified atom stereocenters. The van der Waals surface area contributed by atoms with Crippen LogP contribution in [-0.4, -0.2) is 94.8 Å². The molecule has 0 radical (unpaired) electrons. The molecule has 11 heteroatoms. The molecule has 1 atom stereocenters. The van der Waals surface area contributed by atoms with Crippen molar-refractivity contribution in [2.75, 3.05) is 52.6 Å². The van der Waals surface area contributed by atoms with Crippen molar-refractivity contribution in [1.82, 2.24) is 24.8 Å². The van der Waals surface area contributed by atoms with Gasteiger partial charge in [-0.3, -0.25) is 9.59 Å². The van der Waals surface area contributed by atoms with E-state index in [-0.39, 0.29) is 50.4 Å². The minimum atomic E-state index is -1.06. The number of fused-ring (bicyclic) bond motifs is 1. The molecule has 2 amide bonds. The van der Waals surface area contributed by atoms with Crippen molar-refractivity contribution in [2.24, 2.45) is 0 Å². The summed E-state index contributed by atoms with van der Waals surface area (Å²) >= 11 is 0. The van der Waals surface area contributed by atoms with Gasteiger partial charge in [-0.15, -0.1) is 0 Å². The lowest BCUT2D eigenvalue weighted by Gasteiger charge is -2.43. The van der Waals surface area contributed by atoms with Crippen LogP contribution in [0.25, 0.3) is 11.0 Å². The van der Waals surface area contributed by atoms with Crippen LogP contribution in [0.2, 0.25) is 0 Å². The number of morpholine rings is 2. The van der Waals surface area contributed by atoms with Gasteiger partial charge in [0.15, 0.2) is 0 Å². The summed E-state index contributed by atoms with van der Waals surface area (Å²) < 4.78 is 30.7. The van der Waals surface area contributed by atoms with Gasteiger partial charge < -0.3 is 24.0 Å². The lowest BCUT2D eigenvalue weighted by atomic mass is 9.96. The molecule has 0 N–H and O–H groups in total. The maximum absolute atomic E-state index is 13.3. The second kappa shape index (κ2) is 10.6. The molecule has 3 heterocycles. The number of rotatable bonds is 7. The van der Waals surface area contributed by atoms with Crippen molar-refractivity contribution in [1.29, 1.82) is 0 Å². The Kier molecular flexibility index (Phi) is 7.10. The van der Waals surface area contributed by atoms with Crippen LogP contribution in [0.1, 0.15) is 6.42 Å². The first-order valence-corrected chi connectivity index (χ1v) is 12.0. The van der Waals surface area contributed by atoms with E-state index >= 15 is 0 Å². The molecule has 0 bridgehead atoms. The molecule has 36 heavy (non-hydrogen) atoms. The van der Waals surface area contributed by atoms with Gasteiger partial charge in [-0.25, -0.2) is 4.39 Å². The Morgan fingerprint density at radius 1 is 0.917 bits per heavy atom. The monoisotopic (exact) mass is 497 g/mol. The molecule has 5 rings (SSSR count). The van der Waals surface area contributed by atoms with Crippen molar-refractivity contribution in [3.8, 4) is 5.75 Å². The molecule has 2 aliphatic heterocycles. The number of halogens is 1. The number of ether oxygens (including phenoxy) is 3. The number of carbonyl (C=O) groups excluding carboxylic acids is 2. The number of hydrogen-bond acceptors (Lipinski definition) is 7. The Morgan fingerprint density at radius 3 is 2.28 bits per heavy atom. The quantitative estimate of drug-likeness (QED) is 0.488. The van der Waals surface area contributed by atoms with Gasteiger partial charge in [-0.1, -0.05) is 12.1 Å². The van der Waals surface area contributed by atoms with Crippen LogP contribution in [0.4, 0.5) is 4.39 Å². The third-order valence-electron chi connectivity index (χ3n) is 6.36. The van der Waals surface area contributed by atoms with Gasteiger partial charge in [0.25, 0.3) is 0 Å². The molecule has 2 aromatic carbocycles. The fourth-order valence-corrected chi connectivity index (χ4v) is 4.44. The molecule has 0 aliphatic carbocycles. The van der Waals surface area contributed by atoms with E-state index in [1.54, 1.807) is 9.80 Å². The fourth-order valence-electron chi connectivity index (χ4n) is 4.44. The van der Waals surface area contributed by atoms with Crippen LogP contribution in [0.15, 0.2) is 48.5 Å². The van der Waals surface area contributed by atoms with E-state index in [0.29, 0.717) is 49.6 Å². The summed E-state index contributed by atoms with van der Waals surface area (Å²) in [5.74, 6) is -0.182. The molecular formula is C25H28FN5O5. The Balaban J connectivity index is 1.31. The SMILES string of the molecule is O=C(C[C@]1(COc2ccc(F)cc2)CN(C(=O)Cn2nc3ccccc3n2)CCO1)N1CCOCC1. The van der Waals surface area contributed by atoms with E-state index in [1.807, 2.05) is 24.3 Å². The summed E-state index contributed by atoms with van der Waals surface area (Å²) in [5, 5.41) is 8.75. The topological polar surface area (TPSA) is 99.0 Å². The van der Waals surface area contributed by atoms with Crippen molar-refractivity contribution in [3.63, 3.8) is 0 Å². The first-order valence-electron chi connectivity index (χ1n) is 12.0. The smallest absolute Gasteiger partial charge is 0.246 e. The Morgan fingerprint density at radius 2 is 1.58 bits per heavy atom. The maximum Gasteiger partial charge on any atom is 0.246 e. The number of benzene rings is 2. The molecule has 0 spiro atoms. The molecule has 2 saturated heterocycles. The van der Waals surface area contributed by atoms with E-state index in [0.717, 1.165) is 0 Å². The third kappa shape index (κ3) is 5.63. The molecular weight excluding hydrogens is 469 g/mol. The van der Waals surface area contributed by atoms with E-state index < -0.39 is 5.60 Å². The van der Waals surface area contributed by atoms with E-state index in [2.05, 4.69) is 10.2 Å². The first-order chi connectivity index (χ1) is 17.5. The van der Waals surface area contributed by atoms with Crippen molar-refractivity contribution < 1.29 is 28.2 Å². The van der Waals surface area contributed by atoms with Crippen LogP contribution in [0.3, 0.4) is 0 Å². The highest BCUT2D eigenvalue weighted by molar-refractivity contribution is 5.79. The van der Waals surface area contributed by atoms with Gasteiger partial charge in [-0.05, 0) is 36.4 Å². The van der Waals surface area contributed by atoms with Gasteiger partial charge in [0.1, 0.15) is 41.4 Å². The second-order valence-corrected chi connectivity index (χ2v) is 8.98. The zero-order chi connectivity index (χ0) is 25.0. The molecule has 3 aromatic rings. The predicted molar refractivity (Wildman–Crippen MR) is 127 cm³/mol. The molecule has 2 fully saturated rings. The number of amides is 2. The highest BCUT2D eigenvalue weighted by Gasteiger charge is 2.42. The van der Waals surface area contributed by atoms with E-state index in [1.165, 1.54) is 29.1 Å². The van der Waals surface area contributed by atoms with Crippen molar-refractivity contribution >= 4 is 22.8 Å². The third-order valence-corrected chi connectivity index (χ3v) is 6.36. The normalized spacial score (nSPS) is 20.5. The minimum Gasteiger partial charge on any atom is -0.490 e. The largest absolute Gasteiger partial charge is 0.490 e. The second-order valence-electron chi connectivity index (χ2n) is 8.98. The summed E-state index contributed by atoms with van der Waals surface area (Å²) in [4.78, 5) is 31.2. The van der Waals surface area contributed by atoms with E-state index in [4.69, 9.17) is 14.2 Å². The Bertz CT molecular complexity index is 1180. The average Bonchev–Trinajstić information content (AvgIpc) is 3.31. The van der Waals surface area contributed by atoms with Gasteiger partial charge in [-0.2, -0.15) is 15.0 Å². The maximum atomic E-state index is 13.3. The summed E-state index contributed by atoms with van der Waals surface area (Å²) in [7, 11) is 0. The Hall–Kier alpha value is -3.57. The summed E-state index contributed by atoms with van der Waals surface area (Å²) in [5.41, 5.74) is 0.371. The van der Waals surface area contributed by atoms with Crippen LogP contribution < -0.4 is 4.74 Å². The van der Waals surface area contributed by atoms with Crippen molar-refractivity contribution in [3.05, 3.63) is 54.3 Å². The van der Waals surface area contributed by atoms with Crippen LogP contribution in [0, 0.1) is 5.82 Å². The zero-order valence-electron chi connectivity index (χ0n) is 19.8. The standard InChI is InChI=1S/C25H28FN5O5/c26-19-5-7-20(8-6-19)35-18-25(15-23(32)29-9-12-34-13-10-29)17-30(11-14-36-25)24(33)16-31-27-21-3-1-2-4-22(21)28-31/h1-8H,9-18H2/t25-/m1/s1. The Labute approximate surface area is 207 Å². The highest BCUT2D eigenvalue weighted by Crippen LogP contribution is 2.26. The highest BCUT2D eigenvalue weighted by atomic mass is 19.1. The van der Waals surface area contributed by atoms with Gasteiger partial charge in [0.05, 0.1) is 32.8 Å². The molecule has 190 valence electrons. The van der Waals surface area contributed by atoms with Crippen LogP contribution in [0.5, 0.6) is 5.75 Å². The first kappa shape index (κ1) is 24.1. The lowest BCUT2D eigenvalue weighted by molar-refractivity contribution is -0.167. The fraction of sp³-hybridized carbons (Fsp3) is 0.440. The van der Waals surface area contributed by atoms with Crippen molar-refractivity contribution in [2.45, 2.75) is 18.6 Å². The molecule has 1 aromatic heterocycles. The summed E-state index contributed by atoms with van der Waals surface area (Å²) in [6.45, 7) is 2.80. The van der Waals surface area contributed by atoms with Gasteiger partial charge >= 0.3 is 0 Å². The number of carbonyl (C=O) groups is 2. The van der Waals surface area contributed by atoms with Crippen LogP contribution in [-0.2, 0) is 25.6 Å². The predicted octanol–water partition coefficient (Wildman–Crippen LogP) is 1.50. The zero-order valence-corrected chi connectivity index (χ0v) is 19.8. The van der Waals surface area contributed by atoms with Crippen LogP contribution >= 0.6 is 0 Å². The lowest BCUT2D eigenvalue weighted by Crippen LogP contribution is -2.59. The molecule has 2 aliphatic rings. The van der Waals surface area contributed by atoms with Gasteiger partial charge in [0.2, 0.25) is 11.8 Å². The minimum absolute atomic E-state index is 0.0268. The van der Waals surface area contributed by atoms with E-state index in [9.17, 15) is 14.0 Å². The number of nitrogens with zero attached hydrogens (tertiary/aromatic N) is 5. The molecule has 10 nitrogen and oxygen atoms in total. The van der Waals surface area contributed by atoms with Gasteiger partial charge in [0, 0.05) is 19.6 Å². The number of hydrogen-bond donors (Lipinski definition) is 0. The average molecular weight is 498 g/mol. The summed E-state index contributed by atoms with van der Waals surface area (Å²) in [6, 6.07) is 13.1. The number of aromatic nitrogens is 3.